The van der Waals surface area contributed by atoms with Crippen LogP contribution < -0.4 is 10.4 Å². The summed E-state index contributed by atoms with van der Waals surface area (Å²) in [5, 5.41) is 4.77. The number of Topliss-reactive ketones (excluding diaryl/α,β-unsaturated/α-hetero) is 1. The number of fused-ring (bicyclic) bond motifs is 7. The van der Waals surface area contributed by atoms with E-state index in [-0.39, 0.29) is 17.6 Å². The monoisotopic (exact) mass is 809 g/mol. The minimum atomic E-state index is -0.186. The molecule has 0 saturated carbocycles. The van der Waals surface area contributed by atoms with E-state index in [1.807, 2.05) is 29.6 Å². The minimum Gasteiger partial charge on any atom is -0.288 e. The maximum atomic E-state index is 15.2. The van der Waals surface area contributed by atoms with Crippen LogP contribution in [0.3, 0.4) is 0 Å². The number of imide groups is 1. The molecule has 1 aliphatic carbocycles. The Labute approximate surface area is 337 Å². The van der Waals surface area contributed by atoms with Crippen molar-refractivity contribution >= 4 is 106 Å². The first-order valence-corrected chi connectivity index (χ1v) is 23.8. The number of rotatable bonds is 16. The van der Waals surface area contributed by atoms with Gasteiger partial charge in [-0.25, -0.2) is 0 Å². The number of carbonyl (C=O) groups is 3. The van der Waals surface area contributed by atoms with Crippen molar-refractivity contribution in [1.82, 2.24) is 4.90 Å². The number of carbonyl (C=O) groups excluding carboxylic acids is 3. The van der Waals surface area contributed by atoms with Crippen molar-refractivity contribution < 1.29 is 14.4 Å². The Kier molecular flexibility index (Phi) is 11.0. The second-order valence-electron chi connectivity index (χ2n) is 14.8. The summed E-state index contributed by atoms with van der Waals surface area (Å²) in [7, 11) is 0. The normalized spacial score (nSPS) is 14.2. The smallest absolute Gasteiger partial charge is 0.263 e. The van der Waals surface area contributed by atoms with Gasteiger partial charge in [0, 0.05) is 82.4 Å². The van der Waals surface area contributed by atoms with Crippen molar-refractivity contribution in [2.45, 2.75) is 112 Å². The molecule has 6 heterocycles. The molecule has 280 valence electrons. The molecule has 0 unspecified atom stereocenters. The highest BCUT2D eigenvalue weighted by Gasteiger charge is 2.41. The van der Waals surface area contributed by atoms with Gasteiger partial charge in [0.1, 0.15) is 0 Å². The molecule has 9 heteroatoms. The lowest BCUT2D eigenvalue weighted by molar-refractivity contribution is -0.108. The van der Waals surface area contributed by atoms with Crippen LogP contribution in [0.2, 0.25) is 0 Å². The minimum absolute atomic E-state index is 0.0921. The Morgan fingerprint density at radius 3 is 1.65 bits per heavy atom. The predicted octanol–water partition coefficient (Wildman–Crippen LogP) is 12.2. The van der Waals surface area contributed by atoms with Crippen LogP contribution in [-0.2, 0) is 17.6 Å². The molecule has 4 nitrogen and oxygen atoms in total. The Hall–Kier alpha value is -3.21. The van der Waals surface area contributed by atoms with Crippen molar-refractivity contribution in [2.24, 2.45) is 0 Å². The fourth-order valence-corrected chi connectivity index (χ4v) is 13.9. The van der Waals surface area contributed by atoms with Crippen LogP contribution in [0, 0.1) is 13.8 Å². The maximum absolute atomic E-state index is 15.2. The zero-order chi connectivity index (χ0) is 37.7. The van der Waals surface area contributed by atoms with Crippen LogP contribution in [0.25, 0.3) is 41.1 Å². The van der Waals surface area contributed by atoms with E-state index >= 15 is 4.79 Å². The molecule has 0 atom stereocenters. The fourth-order valence-electron chi connectivity index (χ4n) is 8.10. The summed E-state index contributed by atoms with van der Waals surface area (Å²) in [5.41, 5.74) is 2.71. The lowest BCUT2D eigenvalue weighted by Gasteiger charge is -2.13. The largest absolute Gasteiger partial charge is 0.288 e. The van der Waals surface area contributed by atoms with Crippen LogP contribution in [0.5, 0.6) is 0 Å². The summed E-state index contributed by atoms with van der Waals surface area (Å²) >= 11 is 8.59. The second-order valence-corrected chi connectivity index (χ2v) is 20.7. The number of amides is 2. The average molecular weight is 810 g/mol. The molecule has 54 heavy (non-hydrogen) atoms. The molecule has 0 N–H and O–H groups in total. The highest BCUT2D eigenvalue weighted by molar-refractivity contribution is 7.24. The van der Waals surface area contributed by atoms with E-state index in [1.165, 1.54) is 102 Å². The van der Waals surface area contributed by atoms with Gasteiger partial charge in [-0.3, -0.25) is 19.3 Å². The number of aryl methyl sites for hydroxylation is 4. The molecule has 0 bridgehead atoms. The summed E-state index contributed by atoms with van der Waals surface area (Å²) in [6.45, 7) is 11.1. The zero-order valence-electron chi connectivity index (χ0n) is 31.9. The summed E-state index contributed by atoms with van der Waals surface area (Å²) in [5.74, 6) is -0.265. The Morgan fingerprint density at radius 2 is 1.09 bits per heavy atom. The van der Waals surface area contributed by atoms with E-state index < -0.39 is 0 Å². The lowest BCUT2D eigenvalue weighted by Crippen LogP contribution is -2.31. The van der Waals surface area contributed by atoms with Crippen molar-refractivity contribution in [3.8, 4) is 9.75 Å². The lowest BCUT2D eigenvalue weighted by atomic mass is 10.1. The van der Waals surface area contributed by atoms with Gasteiger partial charge in [0.2, 0.25) is 0 Å². The van der Waals surface area contributed by atoms with Crippen LogP contribution in [0.4, 0.5) is 0 Å². The highest BCUT2D eigenvalue weighted by atomic mass is 32.1. The van der Waals surface area contributed by atoms with E-state index in [0.717, 1.165) is 71.7 Å². The standard InChI is InChI=1S/C45H47NO3S5/c1-6-9-12-14-16-27-23-29-30-24-28(17-15-13-10-7-2)53-42(30)38-36(40(47)35(37(38)41(29)52-27)31-19-18-25(4)50-31)32-20-21-33(54-32)43-39-34(26(5)51-43)44(48)46(45(39)49)22-11-8-3/h18-21,23-24H,6-17,22H2,1-5H3. The topological polar surface area (TPSA) is 54.5 Å². The van der Waals surface area contributed by atoms with Crippen molar-refractivity contribution in [3.63, 3.8) is 0 Å². The SMILES string of the molecule is CCCCCCc1cc2c(s1)c1c(c3sc(CCCCCC)cc32)=C(c2ccc(-c3sc(C)c4c3C(=O)N(CCCC)C4=O)s2)C(=O)C=1c1ccc(C)s1. The molecule has 1 aromatic carbocycles. The molecule has 0 spiro atoms. The average Bonchev–Trinajstić information content (AvgIpc) is 4.01. The van der Waals surface area contributed by atoms with Gasteiger partial charge in [-0.15, -0.1) is 56.7 Å². The van der Waals surface area contributed by atoms with E-state index in [2.05, 4.69) is 64.1 Å². The third kappa shape index (κ3) is 6.51. The third-order valence-electron chi connectivity index (χ3n) is 10.9. The second kappa shape index (κ2) is 15.7. The van der Waals surface area contributed by atoms with Gasteiger partial charge in [-0.1, -0.05) is 65.7 Å². The van der Waals surface area contributed by atoms with Gasteiger partial charge in [0.25, 0.3) is 11.8 Å². The van der Waals surface area contributed by atoms with Crippen LogP contribution in [0.1, 0.15) is 135 Å². The number of unbranched alkanes of at least 4 members (excludes halogenated alkanes) is 7. The van der Waals surface area contributed by atoms with E-state index in [0.29, 0.717) is 17.7 Å². The third-order valence-corrected chi connectivity index (χ3v) is 16.7. The first kappa shape index (κ1) is 37.7. The van der Waals surface area contributed by atoms with Crippen LogP contribution in [-0.4, -0.2) is 29.0 Å². The Bertz CT molecular complexity index is 2570. The molecule has 2 aliphatic rings. The molecular formula is C45H47NO3S5. The number of nitrogens with zero attached hydrogens (tertiary/aromatic N) is 1. The highest BCUT2D eigenvalue weighted by Crippen LogP contribution is 2.46. The summed E-state index contributed by atoms with van der Waals surface area (Å²) in [6, 6.07) is 13.3. The predicted molar refractivity (Wildman–Crippen MR) is 234 cm³/mol. The van der Waals surface area contributed by atoms with Gasteiger partial charge in [-0.05, 0) is 82.3 Å². The van der Waals surface area contributed by atoms with Crippen molar-refractivity contribution in [3.05, 3.63) is 87.2 Å². The van der Waals surface area contributed by atoms with Crippen LogP contribution >= 0.6 is 56.7 Å². The molecule has 8 rings (SSSR count). The molecule has 0 saturated heterocycles. The van der Waals surface area contributed by atoms with Crippen molar-refractivity contribution in [2.75, 3.05) is 6.54 Å². The van der Waals surface area contributed by atoms with Gasteiger partial charge >= 0.3 is 0 Å². The molecule has 6 aromatic rings. The fraction of sp³-hybridized carbons (Fsp3) is 0.400. The first-order valence-electron chi connectivity index (χ1n) is 19.7. The molecule has 0 radical (unpaired) electrons. The van der Waals surface area contributed by atoms with E-state index in [1.54, 1.807) is 22.7 Å². The Balaban J connectivity index is 1.34. The molecule has 1 aliphatic heterocycles. The molecule has 5 aromatic heterocycles. The summed E-state index contributed by atoms with van der Waals surface area (Å²) < 4.78 is 2.46. The number of thiophene rings is 5. The maximum Gasteiger partial charge on any atom is 0.263 e. The number of hydrogen-bond donors (Lipinski definition) is 0. The van der Waals surface area contributed by atoms with Gasteiger partial charge in [-0.2, -0.15) is 0 Å². The van der Waals surface area contributed by atoms with E-state index in [9.17, 15) is 9.59 Å². The molecular weight excluding hydrogens is 763 g/mol. The van der Waals surface area contributed by atoms with Gasteiger partial charge < -0.3 is 0 Å². The summed E-state index contributed by atoms with van der Waals surface area (Å²) in [4.78, 5) is 52.4. The van der Waals surface area contributed by atoms with Crippen molar-refractivity contribution in [1.29, 1.82) is 0 Å². The number of hydrogen-bond acceptors (Lipinski definition) is 8. The van der Waals surface area contributed by atoms with Gasteiger partial charge in [0.15, 0.2) is 5.78 Å². The molecule has 0 fully saturated rings. The van der Waals surface area contributed by atoms with Gasteiger partial charge in [0.05, 0.1) is 16.0 Å². The number of ketones is 1. The zero-order valence-corrected chi connectivity index (χ0v) is 36.0. The first-order chi connectivity index (χ1) is 26.2. The molecule has 2 amide bonds. The number of benzene rings is 1. The van der Waals surface area contributed by atoms with E-state index in [4.69, 9.17) is 0 Å². The summed E-state index contributed by atoms with van der Waals surface area (Å²) in [6.07, 6.45) is 13.6. The quantitative estimate of drug-likeness (QED) is 0.0723. The Morgan fingerprint density at radius 1 is 0.556 bits per heavy atom. The van der Waals surface area contributed by atoms with Crippen LogP contribution in [0.15, 0.2) is 36.4 Å².